The Bertz CT molecular complexity index is 1430. The van der Waals surface area contributed by atoms with E-state index in [9.17, 15) is 40.5 Å². The van der Waals surface area contributed by atoms with Gasteiger partial charge in [0.1, 0.15) is 46.2 Å². The van der Waals surface area contributed by atoms with E-state index in [-0.39, 0.29) is 69.4 Å². The van der Waals surface area contributed by atoms with Crippen molar-refractivity contribution in [2.45, 2.75) is 45.8 Å². The van der Waals surface area contributed by atoms with Crippen molar-refractivity contribution in [3.05, 3.63) is 57.6 Å². The van der Waals surface area contributed by atoms with Crippen LogP contribution in [-0.2, 0) is 12.8 Å². The maximum absolute atomic E-state index is 13.0. The first-order valence-corrected chi connectivity index (χ1v) is 12.0. The number of aliphatic hydroxyl groups is 1. The number of fused-ring (bicyclic) bond motifs is 1. The quantitative estimate of drug-likeness (QED) is 0.185. The Morgan fingerprint density at radius 3 is 2.26 bits per heavy atom. The topological polar surface area (TPSA) is 177 Å². The lowest BCUT2D eigenvalue weighted by molar-refractivity contribution is 0.0190. The second kappa shape index (κ2) is 9.86. The van der Waals surface area contributed by atoms with E-state index in [2.05, 4.69) is 0 Å². The number of phenolic OH excluding ortho intramolecular Hbond substituents is 6. The van der Waals surface area contributed by atoms with Gasteiger partial charge in [0.2, 0.25) is 0 Å². The number of phenols is 6. The van der Waals surface area contributed by atoms with Crippen LogP contribution in [0.15, 0.2) is 24.3 Å². The molecule has 202 valence electrons. The van der Waals surface area contributed by atoms with Crippen molar-refractivity contribution in [3.8, 4) is 46.0 Å². The fourth-order valence-corrected chi connectivity index (χ4v) is 4.77. The van der Waals surface area contributed by atoms with E-state index in [1.807, 2.05) is 0 Å². The highest BCUT2D eigenvalue weighted by Crippen LogP contribution is 2.50. The van der Waals surface area contributed by atoms with Crippen LogP contribution in [0.5, 0.6) is 46.0 Å². The minimum absolute atomic E-state index is 0.00868. The molecule has 0 aromatic heterocycles. The zero-order valence-electron chi connectivity index (χ0n) is 21.3. The normalized spacial score (nSPS) is 16.7. The maximum Gasteiger partial charge on any atom is 0.172 e. The standard InChI is InChI=1S/C28H30O10/c1-11(2)23(34)22-25(36)16(24(35)12(3)26(22)37-4)8-14-18(30)10-19(31)15-9-21(33)27(38-28(14)15)13-5-6-17(29)20(32)7-13/h5-7,10-11,21,27,29-33,35-36H,8-9H2,1-4H3/t21-,27-/m1/s1. The third-order valence-corrected chi connectivity index (χ3v) is 6.84. The molecule has 2 atom stereocenters. The fourth-order valence-electron chi connectivity index (χ4n) is 4.77. The Hall–Kier alpha value is -4.31. The first-order valence-electron chi connectivity index (χ1n) is 12.0. The van der Waals surface area contributed by atoms with E-state index in [1.54, 1.807) is 13.8 Å². The van der Waals surface area contributed by atoms with Gasteiger partial charge < -0.3 is 45.2 Å². The highest BCUT2D eigenvalue weighted by Gasteiger charge is 2.36. The summed E-state index contributed by atoms with van der Waals surface area (Å²) in [6.07, 6.45) is -2.60. The van der Waals surface area contributed by atoms with Crippen molar-refractivity contribution in [3.63, 3.8) is 0 Å². The number of hydrogen-bond acceptors (Lipinski definition) is 10. The smallest absolute Gasteiger partial charge is 0.172 e. The number of benzene rings is 3. The number of Topliss-reactive ketones (excluding diaryl/α,β-unsaturated/α-hetero) is 1. The number of carbonyl (C=O) groups is 1. The van der Waals surface area contributed by atoms with Gasteiger partial charge in [0.15, 0.2) is 17.3 Å². The number of aliphatic hydroxyl groups excluding tert-OH is 1. The molecule has 1 aliphatic rings. The van der Waals surface area contributed by atoms with Crippen LogP contribution in [0.3, 0.4) is 0 Å². The number of carbonyl (C=O) groups excluding carboxylic acids is 1. The van der Waals surface area contributed by atoms with Gasteiger partial charge in [-0.25, -0.2) is 0 Å². The van der Waals surface area contributed by atoms with Crippen molar-refractivity contribution in [1.29, 1.82) is 0 Å². The van der Waals surface area contributed by atoms with Gasteiger partial charge in [-0.2, -0.15) is 0 Å². The van der Waals surface area contributed by atoms with Gasteiger partial charge in [-0.3, -0.25) is 4.79 Å². The fraction of sp³-hybridized carbons (Fsp3) is 0.321. The molecule has 0 spiro atoms. The Kier molecular flexibility index (Phi) is 6.94. The maximum atomic E-state index is 13.0. The first-order chi connectivity index (χ1) is 17.9. The molecule has 0 saturated heterocycles. The molecule has 0 aliphatic carbocycles. The van der Waals surface area contributed by atoms with Crippen LogP contribution < -0.4 is 9.47 Å². The second-order valence-electron chi connectivity index (χ2n) is 9.66. The third kappa shape index (κ3) is 4.37. The molecule has 0 radical (unpaired) electrons. The summed E-state index contributed by atoms with van der Waals surface area (Å²) < 4.78 is 11.4. The molecular formula is C28H30O10. The SMILES string of the molecule is COc1c(C)c(O)c(Cc2c(O)cc(O)c3c2O[C@H](c2ccc(O)c(O)c2)[C@H](O)C3)c(O)c1C(=O)C(C)C. The van der Waals surface area contributed by atoms with Gasteiger partial charge in [0.25, 0.3) is 0 Å². The number of ether oxygens (including phenoxy) is 2. The molecule has 0 saturated carbocycles. The summed E-state index contributed by atoms with van der Waals surface area (Å²) in [5.74, 6) is -3.24. The number of aromatic hydroxyl groups is 6. The van der Waals surface area contributed by atoms with E-state index >= 15 is 0 Å². The third-order valence-electron chi connectivity index (χ3n) is 6.84. The second-order valence-corrected chi connectivity index (χ2v) is 9.66. The molecule has 3 aromatic rings. The summed E-state index contributed by atoms with van der Waals surface area (Å²) in [6, 6.07) is 4.98. The lowest BCUT2D eigenvalue weighted by atomic mass is 9.88. The first kappa shape index (κ1) is 26.7. The molecule has 1 heterocycles. The number of hydrogen-bond donors (Lipinski definition) is 7. The van der Waals surface area contributed by atoms with E-state index in [4.69, 9.17) is 9.47 Å². The van der Waals surface area contributed by atoms with Crippen LogP contribution in [0.2, 0.25) is 0 Å². The van der Waals surface area contributed by atoms with Crippen molar-refractivity contribution in [2.75, 3.05) is 7.11 Å². The summed E-state index contributed by atoms with van der Waals surface area (Å²) in [5, 5.41) is 73.7. The van der Waals surface area contributed by atoms with Crippen molar-refractivity contribution >= 4 is 5.78 Å². The monoisotopic (exact) mass is 526 g/mol. The summed E-state index contributed by atoms with van der Waals surface area (Å²) in [4.78, 5) is 13.0. The predicted octanol–water partition coefficient (Wildman–Crippen LogP) is 3.70. The molecule has 4 rings (SSSR count). The molecule has 0 amide bonds. The van der Waals surface area contributed by atoms with Crippen LogP contribution in [0, 0.1) is 12.8 Å². The van der Waals surface area contributed by atoms with Gasteiger partial charge in [0.05, 0.1) is 13.2 Å². The Morgan fingerprint density at radius 2 is 1.66 bits per heavy atom. The molecule has 0 fully saturated rings. The zero-order valence-corrected chi connectivity index (χ0v) is 21.3. The average Bonchev–Trinajstić information content (AvgIpc) is 2.86. The van der Waals surface area contributed by atoms with Crippen LogP contribution in [0.4, 0.5) is 0 Å². The van der Waals surface area contributed by atoms with Crippen LogP contribution in [-0.4, -0.2) is 54.7 Å². The Labute approximate surface area is 218 Å². The summed E-state index contributed by atoms with van der Waals surface area (Å²) in [5.41, 5.74) is 0.633. The molecule has 10 heteroatoms. The van der Waals surface area contributed by atoms with Crippen molar-refractivity contribution < 1.29 is 50.0 Å². The van der Waals surface area contributed by atoms with Gasteiger partial charge in [-0.15, -0.1) is 0 Å². The molecule has 38 heavy (non-hydrogen) atoms. The van der Waals surface area contributed by atoms with Gasteiger partial charge >= 0.3 is 0 Å². The van der Waals surface area contributed by atoms with E-state index in [0.717, 1.165) is 6.07 Å². The van der Waals surface area contributed by atoms with Crippen molar-refractivity contribution in [1.82, 2.24) is 0 Å². The van der Waals surface area contributed by atoms with E-state index in [0.29, 0.717) is 5.56 Å². The van der Waals surface area contributed by atoms with Crippen LogP contribution >= 0.6 is 0 Å². The summed E-state index contributed by atoms with van der Waals surface area (Å²) in [7, 11) is 1.32. The number of methoxy groups -OCH3 is 1. The highest BCUT2D eigenvalue weighted by atomic mass is 16.5. The minimum atomic E-state index is -1.16. The predicted molar refractivity (Wildman–Crippen MR) is 136 cm³/mol. The Morgan fingerprint density at radius 1 is 0.974 bits per heavy atom. The van der Waals surface area contributed by atoms with E-state index < -0.39 is 41.2 Å². The van der Waals surface area contributed by atoms with Crippen LogP contribution in [0.25, 0.3) is 0 Å². The Balaban J connectivity index is 1.88. The lowest BCUT2D eigenvalue weighted by Crippen LogP contribution is -2.31. The molecule has 3 aromatic carbocycles. The molecular weight excluding hydrogens is 496 g/mol. The van der Waals surface area contributed by atoms with Gasteiger partial charge in [0, 0.05) is 47.1 Å². The van der Waals surface area contributed by atoms with Gasteiger partial charge in [-0.05, 0) is 24.6 Å². The van der Waals surface area contributed by atoms with Crippen LogP contribution in [0.1, 0.15) is 58.1 Å². The lowest BCUT2D eigenvalue weighted by Gasteiger charge is -2.33. The molecule has 1 aliphatic heterocycles. The average molecular weight is 527 g/mol. The number of ketones is 1. The number of rotatable bonds is 6. The van der Waals surface area contributed by atoms with E-state index in [1.165, 1.54) is 32.2 Å². The molecule has 10 nitrogen and oxygen atoms in total. The molecule has 0 bridgehead atoms. The largest absolute Gasteiger partial charge is 0.507 e. The zero-order chi connectivity index (χ0) is 28.0. The van der Waals surface area contributed by atoms with Crippen molar-refractivity contribution in [2.24, 2.45) is 5.92 Å². The minimum Gasteiger partial charge on any atom is -0.507 e. The highest BCUT2D eigenvalue weighted by molar-refractivity contribution is 6.03. The van der Waals surface area contributed by atoms with Gasteiger partial charge in [-0.1, -0.05) is 19.9 Å². The summed E-state index contributed by atoms with van der Waals surface area (Å²) in [6.45, 7) is 4.85. The molecule has 0 unspecified atom stereocenters. The summed E-state index contributed by atoms with van der Waals surface area (Å²) >= 11 is 0. The molecule has 7 N–H and O–H groups in total.